The molecule has 1 aromatic heterocycles. The highest BCUT2D eigenvalue weighted by Gasteiger charge is 2.27. The topological polar surface area (TPSA) is 8.17 Å². The first-order valence-corrected chi connectivity index (χ1v) is 19.0. The van der Waals surface area contributed by atoms with Gasteiger partial charge in [0.1, 0.15) is 0 Å². The van der Waals surface area contributed by atoms with Crippen LogP contribution in [0.1, 0.15) is 0 Å². The molecule has 2 nitrogen and oxygen atoms in total. The molecule has 0 amide bonds. The van der Waals surface area contributed by atoms with Crippen molar-refractivity contribution < 1.29 is 22.0 Å². The van der Waals surface area contributed by atoms with Crippen LogP contribution in [0.4, 0.5) is 39.0 Å². The monoisotopic (exact) mass is 778 g/mol. The maximum Gasteiger partial charge on any atom is 0.200 e. The largest absolute Gasteiger partial charge is 0.311 e. The number of nitrogens with zero attached hydrogens (tertiary/aromatic N) is 2. The highest BCUT2D eigenvalue weighted by molar-refractivity contribution is 6.10. The minimum atomic E-state index is -2.19. The van der Waals surface area contributed by atoms with Crippen LogP contribution in [-0.2, 0) is 0 Å². The maximum atomic E-state index is 14.8. The van der Waals surface area contributed by atoms with Gasteiger partial charge in [-0.05, 0) is 105 Å². The summed E-state index contributed by atoms with van der Waals surface area (Å²) >= 11 is 0. The summed E-state index contributed by atoms with van der Waals surface area (Å²) < 4.78 is 74.0. The van der Waals surface area contributed by atoms with Crippen molar-refractivity contribution in [2.24, 2.45) is 0 Å². The van der Waals surface area contributed by atoms with Crippen molar-refractivity contribution in [3.8, 4) is 39.1 Å². The average molecular weight is 779 g/mol. The van der Waals surface area contributed by atoms with Gasteiger partial charge in [0.15, 0.2) is 23.3 Å². The average Bonchev–Trinajstić information content (AvgIpc) is 3.62. The van der Waals surface area contributed by atoms with E-state index in [-0.39, 0.29) is 5.56 Å². The van der Waals surface area contributed by atoms with Crippen molar-refractivity contribution in [3.63, 3.8) is 0 Å². The molecule has 10 aromatic rings. The van der Waals surface area contributed by atoms with Crippen LogP contribution in [0.5, 0.6) is 0 Å². The first-order valence-electron chi connectivity index (χ1n) is 19.0. The van der Waals surface area contributed by atoms with E-state index in [0.717, 1.165) is 61.1 Å². The fourth-order valence-electron chi connectivity index (χ4n) is 8.07. The number of halogens is 5. The van der Waals surface area contributed by atoms with Gasteiger partial charge >= 0.3 is 0 Å². The van der Waals surface area contributed by atoms with Crippen LogP contribution in [0, 0.1) is 29.1 Å². The summed E-state index contributed by atoms with van der Waals surface area (Å²) in [5, 5.41) is 4.64. The molecule has 0 saturated carbocycles. The maximum absolute atomic E-state index is 14.8. The third-order valence-electron chi connectivity index (χ3n) is 11.0. The Morgan fingerprint density at radius 3 is 1.44 bits per heavy atom. The lowest BCUT2D eigenvalue weighted by Crippen LogP contribution is -2.10. The lowest BCUT2D eigenvalue weighted by atomic mass is 10.0. The highest BCUT2D eigenvalue weighted by Crippen LogP contribution is 2.40. The molecule has 0 saturated heterocycles. The molecular formula is C52H31F5N2. The molecule has 0 unspecified atom stereocenters. The molecule has 0 N–H and O–H groups in total. The number of fused-ring (bicyclic) bond motifs is 4. The van der Waals surface area contributed by atoms with E-state index < -0.39 is 34.6 Å². The van der Waals surface area contributed by atoms with E-state index in [2.05, 4.69) is 83.4 Å². The van der Waals surface area contributed by atoms with Crippen molar-refractivity contribution in [2.45, 2.75) is 0 Å². The molecule has 0 bridgehead atoms. The van der Waals surface area contributed by atoms with Gasteiger partial charge in [0.2, 0.25) is 5.82 Å². The van der Waals surface area contributed by atoms with Gasteiger partial charge in [-0.3, -0.25) is 0 Å². The lowest BCUT2D eigenvalue weighted by Gasteiger charge is -2.26. The van der Waals surface area contributed by atoms with Crippen LogP contribution >= 0.6 is 0 Å². The normalized spacial score (nSPS) is 11.5. The Labute approximate surface area is 336 Å². The highest BCUT2D eigenvalue weighted by atomic mass is 19.2. The van der Waals surface area contributed by atoms with Gasteiger partial charge in [0, 0.05) is 33.5 Å². The summed E-state index contributed by atoms with van der Waals surface area (Å²) in [4.78, 5) is 1.97. The molecule has 10 rings (SSSR count). The first kappa shape index (κ1) is 35.9. The summed E-state index contributed by atoms with van der Waals surface area (Å²) in [6, 6.07) is 61.8. The Bertz CT molecular complexity index is 3160. The van der Waals surface area contributed by atoms with E-state index in [1.807, 2.05) is 89.8 Å². The molecule has 59 heavy (non-hydrogen) atoms. The van der Waals surface area contributed by atoms with Crippen LogP contribution in [0.15, 0.2) is 188 Å². The van der Waals surface area contributed by atoms with Crippen molar-refractivity contribution in [2.75, 3.05) is 4.90 Å². The minimum Gasteiger partial charge on any atom is -0.311 e. The molecule has 0 atom stereocenters. The van der Waals surface area contributed by atoms with Gasteiger partial charge in [0.25, 0.3) is 0 Å². The second kappa shape index (κ2) is 14.5. The van der Waals surface area contributed by atoms with Crippen LogP contribution in [-0.4, -0.2) is 4.57 Å². The predicted octanol–water partition coefficient (Wildman–Crippen LogP) is 15.1. The van der Waals surface area contributed by atoms with Crippen molar-refractivity contribution in [1.29, 1.82) is 0 Å². The molecule has 9 aromatic carbocycles. The molecular weight excluding hydrogens is 748 g/mol. The van der Waals surface area contributed by atoms with E-state index in [1.54, 1.807) is 12.1 Å². The van der Waals surface area contributed by atoms with E-state index in [0.29, 0.717) is 5.69 Å². The van der Waals surface area contributed by atoms with Crippen LogP contribution in [0.25, 0.3) is 71.6 Å². The predicted molar refractivity (Wildman–Crippen MR) is 229 cm³/mol. The number of benzene rings is 9. The van der Waals surface area contributed by atoms with Crippen LogP contribution in [0.3, 0.4) is 0 Å². The van der Waals surface area contributed by atoms with E-state index >= 15 is 0 Å². The van der Waals surface area contributed by atoms with Crippen molar-refractivity contribution >= 4 is 49.6 Å². The van der Waals surface area contributed by atoms with E-state index in [9.17, 15) is 22.0 Å². The van der Waals surface area contributed by atoms with E-state index in [1.165, 1.54) is 22.9 Å². The third kappa shape index (κ3) is 6.19. The van der Waals surface area contributed by atoms with Gasteiger partial charge in [-0.15, -0.1) is 0 Å². The summed E-state index contributed by atoms with van der Waals surface area (Å²) in [6.07, 6.45) is 0. The zero-order chi connectivity index (χ0) is 40.2. The summed E-state index contributed by atoms with van der Waals surface area (Å²) in [5.74, 6) is -9.93. The molecule has 7 heteroatoms. The summed E-state index contributed by atoms with van der Waals surface area (Å²) in [7, 11) is 0. The molecule has 0 fully saturated rings. The molecule has 0 aliphatic carbocycles. The number of rotatable bonds is 7. The quantitative estimate of drug-likeness (QED) is 0.0889. The Hall–Kier alpha value is -7.51. The Balaban J connectivity index is 1.04. The SMILES string of the molecule is Fc1c(F)c(F)c(-c2ccc(N(c3ccc(-c4ccccc4)cc3)c3ccc(-c4ccc5c(c4)c4ccccc4n5-c4ccc5ccccc5c4)cc3)cc2)c(F)c1F. The van der Waals surface area contributed by atoms with Gasteiger partial charge in [-0.25, -0.2) is 22.0 Å². The lowest BCUT2D eigenvalue weighted by molar-refractivity contribution is 0.381. The van der Waals surface area contributed by atoms with Crippen LogP contribution in [0.2, 0.25) is 0 Å². The third-order valence-corrected chi connectivity index (χ3v) is 11.0. The summed E-state index contributed by atoms with van der Waals surface area (Å²) in [6.45, 7) is 0. The zero-order valence-electron chi connectivity index (χ0n) is 31.2. The molecule has 0 aliphatic heterocycles. The smallest absolute Gasteiger partial charge is 0.200 e. The Kier molecular flexibility index (Phi) is 8.79. The summed E-state index contributed by atoms with van der Waals surface area (Å²) in [5.41, 5.74) is 8.49. The standard InChI is InChI=1S/C52H31F5N2/c53-48-47(49(54)51(56)52(57)50(48)55)36-19-26-41(27-20-36)58(39-22-14-34(15-23-39)32-8-2-1-3-9-32)40-24-16-35(17-25-40)38-21-29-46-44(31-38)43-12-6-7-13-45(43)59(46)42-28-18-33-10-4-5-11-37(33)30-42/h1-31H. The minimum absolute atomic E-state index is 0.145. The number of aromatic nitrogens is 1. The Morgan fingerprint density at radius 1 is 0.322 bits per heavy atom. The molecule has 0 aliphatic rings. The van der Waals surface area contributed by atoms with Crippen molar-refractivity contribution in [1.82, 2.24) is 4.57 Å². The van der Waals surface area contributed by atoms with Gasteiger partial charge in [-0.1, -0.05) is 121 Å². The van der Waals surface area contributed by atoms with Gasteiger partial charge in [-0.2, -0.15) is 0 Å². The number of hydrogen-bond acceptors (Lipinski definition) is 1. The van der Waals surface area contributed by atoms with Gasteiger partial charge < -0.3 is 9.47 Å². The van der Waals surface area contributed by atoms with Crippen LogP contribution < -0.4 is 4.90 Å². The first-order chi connectivity index (χ1) is 28.8. The molecule has 284 valence electrons. The number of hydrogen-bond donors (Lipinski definition) is 0. The number of anilines is 3. The zero-order valence-corrected chi connectivity index (χ0v) is 31.2. The van der Waals surface area contributed by atoms with E-state index in [4.69, 9.17) is 0 Å². The number of para-hydroxylation sites is 1. The molecule has 1 heterocycles. The second-order valence-corrected chi connectivity index (χ2v) is 14.4. The van der Waals surface area contributed by atoms with Crippen molar-refractivity contribution in [3.05, 3.63) is 217 Å². The second-order valence-electron chi connectivity index (χ2n) is 14.4. The molecule has 0 spiro atoms. The molecule has 0 radical (unpaired) electrons. The fraction of sp³-hybridized carbons (Fsp3) is 0. The van der Waals surface area contributed by atoms with Gasteiger partial charge in [0.05, 0.1) is 16.6 Å². The Morgan fingerprint density at radius 2 is 0.797 bits per heavy atom. The fourth-order valence-corrected chi connectivity index (χ4v) is 8.07.